The summed E-state index contributed by atoms with van der Waals surface area (Å²) in [5.41, 5.74) is 0. The van der Waals surface area contributed by atoms with Gasteiger partial charge in [-0.25, -0.2) is 0 Å². The SMILES string of the molecule is CCCCC(C)C(CCCC(C)C)CN(C)CC. The first-order valence-corrected chi connectivity index (χ1v) is 8.19. The van der Waals surface area contributed by atoms with Crippen molar-refractivity contribution in [3.8, 4) is 0 Å². The standard InChI is InChI=1S/C17H37N/c1-7-9-12-16(5)17(14-18(6)8-2)13-10-11-15(3)4/h15-17H,7-14H2,1-6H3. The molecule has 0 aliphatic carbocycles. The number of hydrogen-bond acceptors (Lipinski definition) is 1. The Morgan fingerprint density at radius 2 is 1.56 bits per heavy atom. The quantitative estimate of drug-likeness (QED) is 0.490. The third-order valence-corrected chi connectivity index (χ3v) is 4.26. The number of hydrogen-bond donors (Lipinski definition) is 0. The van der Waals surface area contributed by atoms with Gasteiger partial charge in [0.05, 0.1) is 0 Å². The summed E-state index contributed by atoms with van der Waals surface area (Å²) in [6.45, 7) is 14.2. The number of unbranched alkanes of at least 4 members (excludes halogenated alkanes) is 1. The molecule has 0 heterocycles. The molecular formula is C17H37N. The minimum atomic E-state index is 0.862. The summed E-state index contributed by atoms with van der Waals surface area (Å²) in [6, 6.07) is 0. The third kappa shape index (κ3) is 8.97. The lowest BCUT2D eigenvalue weighted by atomic mass is 9.84. The summed E-state index contributed by atoms with van der Waals surface area (Å²) in [7, 11) is 2.27. The van der Waals surface area contributed by atoms with E-state index in [2.05, 4.69) is 46.6 Å². The molecule has 0 aromatic carbocycles. The second kappa shape index (κ2) is 10.8. The molecule has 18 heavy (non-hydrogen) atoms. The van der Waals surface area contributed by atoms with E-state index in [1.807, 2.05) is 0 Å². The Morgan fingerprint density at radius 3 is 2.06 bits per heavy atom. The van der Waals surface area contributed by atoms with Crippen LogP contribution in [-0.4, -0.2) is 25.0 Å². The molecule has 0 saturated heterocycles. The molecule has 2 atom stereocenters. The van der Waals surface area contributed by atoms with E-state index in [0.29, 0.717) is 0 Å². The molecular weight excluding hydrogens is 218 g/mol. The number of nitrogens with zero attached hydrogens (tertiary/aromatic N) is 1. The van der Waals surface area contributed by atoms with E-state index in [1.165, 1.54) is 51.6 Å². The lowest BCUT2D eigenvalue weighted by Gasteiger charge is -2.28. The van der Waals surface area contributed by atoms with Crippen molar-refractivity contribution in [3.05, 3.63) is 0 Å². The minimum absolute atomic E-state index is 0.862. The highest BCUT2D eigenvalue weighted by atomic mass is 15.1. The van der Waals surface area contributed by atoms with Gasteiger partial charge in [-0.1, -0.05) is 66.7 Å². The van der Waals surface area contributed by atoms with Crippen LogP contribution in [0, 0.1) is 17.8 Å². The molecule has 1 nitrogen and oxygen atoms in total. The average Bonchev–Trinajstić information content (AvgIpc) is 2.33. The van der Waals surface area contributed by atoms with Crippen LogP contribution in [0.2, 0.25) is 0 Å². The van der Waals surface area contributed by atoms with Gasteiger partial charge in [-0.2, -0.15) is 0 Å². The predicted molar refractivity (Wildman–Crippen MR) is 84.0 cm³/mol. The first-order chi connectivity index (χ1) is 8.51. The second-order valence-corrected chi connectivity index (χ2v) is 6.56. The monoisotopic (exact) mass is 255 g/mol. The Labute approximate surface area is 116 Å². The Balaban J connectivity index is 4.13. The molecule has 0 bridgehead atoms. The molecule has 0 rings (SSSR count). The van der Waals surface area contributed by atoms with E-state index in [1.54, 1.807) is 0 Å². The van der Waals surface area contributed by atoms with Crippen LogP contribution in [0.25, 0.3) is 0 Å². The van der Waals surface area contributed by atoms with Crippen molar-refractivity contribution in [1.82, 2.24) is 4.90 Å². The maximum absolute atomic E-state index is 2.49. The van der Waals surface area contributed by atoms with Crippen LogP contribution in [0.3, 0.4) is 0 Å². The van der Waals surface area contributed by atoms with Gasteiger partial charge < -0.3 is 4.90 Å². The fraction of sp³-hybridized carbons (Fsp3) is 1.00. The molecule has 1 heteroatoms. The zero-order valence-corrected chi connectivity index (χ0v) is 13.8. The molecule has 0 saturated carbocycles. The van der Waals surface area contributed by atoms with Crippen molar-refractivity contribution in [2.45, 2.75) is 73.1 Å². The van der Waals surface area contributed by atoms with Gasteiger partial charge in [0.15, 0.2) is 0 Å². The van der Waals surface area contributed by atoms with E-state index in [9.17, 15) is 0 Å². The largest absolute Gasteiger partial charge is 0.306 e. The van der Waals surface area contributed by atoms with Crippen LogP contribution in [-0.2, 0) is 0 Å². The summed E-state index contributed by atoms with van der Waals surface area (Å²) in [6.07, 6.45) is 8.39. The molecule has 0 aromatic rings. The van der Waals surface area contributed by atoms with Crippen LogP contribution >= 0.6 is 0 Å². The molecule has 0 aliphatic heterocycles. The fourth-order valence-electron chi connectivity index (χ4n) is 2.64. The third-order valence-electron chi connectivity index (χ3n) is 4.26. The van der Waals surface area contributed by atoms with Gasteiger partial charge in [0.2, 0.25) is 0 Å². The number of rotatable bonds is 11. The Morgan fingerprint density at radius 1 is 0.889 bits per heavy atom. The van der Waals surface area contributed by atoms with Crippen molar-refractivity contribution in [2.24, 2.45) is 17.8 Å². The fourth-order valence-corrected chi connectivity index (χ4v) is 2.64. The van der Waals surface area contributed by atoms with E-state index < -0.39 is 0 Å². The van der Waals surface area contributed by atoms with Crippen LogP contribution in [0.15, 0.2) is 0 Å². The van der Waals surface area contributed by atoms with Crippen LogP contribution in [0.5, 0.6) is 0 Å². The summed E-state index contributed by atoms with van der Waals surface area (Å²) < 4.78 is 0. The van der Waals surface area contributed by atoms with E-state index in [0.717, 1.165) is 17.8 Å². The van der Waals surface area contributed by atoms with Crippen molar-refractivity contribution < 1.29 is 0 Å². The summed E-state index contributed by atoms with van der Waals surface area (Å²) in [4.78, 5) is 2.49. The molecule has 0 aromatic heterocycles. The summed E-state index contributed by atoms with van der Waals surface area (Å²) in [5.74, 6) is 2.66. The first-order valence-electron chi connectivity index (χ1n) is 8.19. The van der Waals surface area contributed by atoms with Gasteiger partial charge in [0.25, 0.3) is 0 Å². The molecule has 0 radical (unpaired) electrons. The van der Waals surface area contributed by atoms with E-state index in [4.69, 9.17) is 0 Å². The van der Waals surface area contributed by atoms with Crippen molar-refractivity contribution in [3.63, 3.8) is 0 Å². The lowest BCUT2D eigenvalue weighted by molar-refractivity contribution is 0.209. The molecule has 0 amide bonds. The highest BCUT2D eigenvalue weighted by Gasteiger charge is 2.18. The van der Waals surface area contributed by atoms with Crippen LogP contribution in [0.4, 0.5) is 0 Å². The van der Waals surface area contributed by atoms with Crippen molar-refractivity contribution in [2.75, 3.05) is 20.1 Å². The minimum Gasteiger partial charge on any atom is -0.306 e. The Bertz CT molecular complexity index is 176. The molecule has 0 N–H and O–H groups in total. The van der Waals surface area contributed by atoms with E-state index in [-0.39, 0.29) is 0 Å². The van der Waals surface area contributed by atoms with Gasteiger partial charge in [-0.3, -0.25) is 0 Å². The van der Waals surface area contributed by atoms with Crippen LogP contribution < -0.4 is 0 Å². The smallest absolute Gasteiger partial charge is 0.000904 e. The van der Waals surface area contributed by atoms with Gasteiger partial charge >= 0.3 is 0 Å². The van der Waals surface area contributed by atoms with Gasteiger partial charge in [0.1, 0.15) is 0 Å². The molecule has 110 valence electrons. The summed E-state index contributed by atoms with van der Waals surface area (Å²) >= 11 is 0. The van der Waals surface area contributed by atoms with Crippen LogP contribution in [0.1, 0.15) is 73.1 Å². The van der Waals surface area contributed by atoms with Gasteiger partial charge in [-0.15, -0.1) is 0 Å². The van der Waals surface area contributed by atoms with E-state index >= 15 is 0 Å². The first kappa shape index (κ1) is 18.0. The second-order valence-electron chi connectivity index (χ2n) is 6.56. The summed E-state index contributed by atoms with van der Waals surface area (Å²) in [5, 5.41) is 0. The van der Waals surface area contributed by atoms with Gasteiger partial charge in [-0.05, 0) is 37.8 Å². The molecule has 2 unspecified atom stereocenters. The lowest BCUT2D eigenvalue weighted by Crippen LogP contribution is -2.29. The maximum atomic E-state index is 2.49. The topological polar surface area (TPSA) is 3.24 Å². The highest BCUT2D eigenvalue weighted by molar-refractivity contribution is 4.70. The Hall–Kier alpha value is -0.0400. The Kier molecular flexibility index (Phi) is 10.8. The average molecular weight is 255 g/mol. The highest BCUT2D eigenvalue weighted by Crippen LogP contribution is 2.25. The normalized spacial score (nSPS) is 15.3. The molecule has 0 spiro atoms. The van der Waals surface area contributed by atoms with Crippen molar-refractivity contribution in [1.29, 1.82) is 0 Å². The van der Waals surface area contributed by atoms with Gasteiger partial charge in [0, 0.05) is 6.54 Å². The molecule has 0 fully saturated rings. The predicted octanol–water partition coefficient (Wildman–Crippen LogP) is 5.21. The zero-order chi connectivity index (χ0) is 14.0. The molecule has 0 aliphatic rings. The van der Waals surface area contributed by atoms with Crippen molar-refractivity contribution >= 4 is 0 Å². The maximum Gasteiger partial charge on any atom is 0.000904 e. The zero-order valence-electron chi connectivity index (χ0n) is 13.8.